The third kappa shape index (κ3) is 4.35. The highest BCUT2D eigenvalue weighted by Crippen LogP contribution is 2.52. The van der Waals surface area contributed by atoms with Gasteiger partial charge in [0.25, 0.3) is 0 Å². The number of hydrogen-bond acceptors (Lipinski definition) is 6. The van der Waals surface area contributed by atoms with E-state index in [4.69, 9.17) is 9.57 Å². The molecule has 2 saturated carbocycles. The minimum absolute atomic E-state index is 0.0820. The number of piperidine rings is 1. The summed E-state index contributed by atoms with van der Waals surface area (Å²) < 4.78 is 21.9. The number of ether oxygens (including phenoxy) is 1. The minimum atomic E-state index is -0.717. The molecule has 1 aromatic carbocycles. The van der Waals surface area contributed by atoms with E-state index in [0.717, 1.165) is 62.2 Å². The highest BCUT2D eigenvalue weighted by atomic mass is 19.1. The number of nitrogens with zero attached hydrogens (tertiary/aromatic N) is 3. The van der Waals surface area contributed by atoms with Gasteiger partial charge in [-0.15, -0.1) is 0 Å². The molecule has 36 heavy (non-hydrogen) atoms. The summed E-state index contributed by atoms with van der Waals surface area (Å²) in [6.07, 6.45) is 6.37. The van der Waals surface area contributed by atoms with Crippen LogP contribution >= 0.6 is 0 Å². The number of benzene rings is 1. The Morgan fingerprint density at radius 1 is 1.22 bits per heavy atom. The van der Waals surface area contributed by atoms with Gasteiger partial charge in [-0.25, -0.2) is 4.39 Å². The van der Waals surface area contributed by atoms with E-state index in [0.29, 0.717) is 50.1 Å². The van der Waals surface area contributed by atoms with Gasteiger partial charge in [-0.2, -0.15) is 0 Å². The molecule has 0 amide bonds. The average molecular weight is 500 g/mol. The molecule has 0 aromatic heterocycles. The van der Waals surface area contributed by atoms with Gasteiger partial charge in [0.1, 0.15) is 5.84 Å². The van der Waals surface area contributed by atoms with Crippen LogP contribution in [0.15, 0.2) is 11.2 Å². The zero-order chi connectivity index (χ0) is 25.2. The van der Waals surface area contributed by atoms with Gasteiger partial charge < -0.3 is 19.6 Å². The lowest BCUT2D eigenvalue weighted by Gasteiger charge is -2.46. The molecule has 5 aliphatic rings. The van der Waals surface area contributed by atoms with E-state index in [9.17, 15) is 9.90 Å². The molecule has 0 unspecified atom stereocenters. The molecule has 2 aliphatic carbocycles. The molecule has 1 spiro atoms. The van der Waals surface area contributed by atoms with E-state index in [2.05, 4.69) is 21.0 Å². The second kappa shape index (κ2) is 8.61. The Labute approximate surface area is 212 Å². The molecule has 0 radical (unpaired) electrons. The van der Waals surface area contributed by atoms with Crippen LogP contribution < -0.4 is 4.74 Å². The molecule has 0 atom stereocenters. The Morgan fingerprint density at radius 3 is 2.47 bits per heavy atom. The number of halogens is 1. The first kappa shape index (κ1) is 24.0. The highest BCUT2D eigenvalue weighted by Gasteiger charge is 2.51. The van der Waals surface area contributed by atoms with E-state index in [1.54, 1.807) is 0 Å². The number of hydrogen-bond donors (Lipinski definition) is 1. The number of likely N-dealkylation sites (tertiary alicyclic amines) is 2. The quantitative estimate of drug-likeness (QED) is 0.579. The van der Waals surface area contributed by atoms with Crippen molar-refractivity contribution in [1.29, 1.82) is 0 Å². The topological polar surface area (TPSA) is 74.6 Å². The third-order valence-corrected chi connectivity index (χ3v) is 8.72. The predicted molar refractivity (Wildman–Crippen MR) is 134 cm³/mol. The van der Waals surface area contributed by atoms with Crippen molar-refractivity contribution in [2.24, 2.45) is 10.6 Å². The molecule has 6 rings (SSSR count). The van der Waals surface area contributed by atoms with Crippen molar-refractivity contribution in [2.75, 3.05) is 26.2 Å². The number of carboxylic acid groups (broad SMARTS) is 1. The van der Waals surface area contributed by atoms with Crippen LogP contribution in [0.5, 0.6) is 5.75 Å². The van der Waals surface area contributed by atoms with Gasteiger partial charge in [0.05, 0.1) is 17.9 Å². The number of aliphatic carboxylic acids is 1. The maximum Gasteiger partial charge on any atom is 0.309 e. The second-order valence-corrected chi connectivity index (χ2v) is 12.4. The van der Waals surface area contributed by atoms with E-state index >= 15 is 4.39 Å². The van der Waals surface area contributed by atoms with Gasteiger partial charge in [0, 0.05) is 38.3 Å². The Hall–Kier alpha value is -2.35. The second-order valence-electron chi connectivity index (χ2n) is 12.4. The Kier molecular flexibility index (Phi) is 5.74. The molecule has 3 aliphatic heterocycles. The van der Waals surface area contributed by atoms with Crippen LogP contribution in [-0.2, 0) is 16.2 Å². The van der Waals surface area contributed by atoms with Crippen molar-refractivity contribution in [3.63, 3.8) is 0 Å². The molecule has 4 fully saturated rings. The van der Waals surface area contributed by atoms with Crippen LogP contribution in [0.2, 0.25) is 0 Å². The first-order valence-electron chi connectivity index (χ1n) is 13.6. The van der Waals surface area contributed by atoms with Crippen molar-refractivity contribution in [3.05, 3.63) is 28.6 Å². The van der Waals surface area contributed by atoms with Crippen LogP contribution in [-0.4, -0.2) is 64.6 Å². The van der Waals surface area contributed by atoms with Crippen LogP contribution in [0.4, 0.5) is 4.39 Å². The van der Waals surface area contributed by atoms with Crippen LogP contribution in [0.1, 0.15) is 94.2 Å². The third-order valence-electron chi connectivity index (χ3n) is 8.72. The Bertz CT molecular complexity index is 1080. The first-order chi connectivity index (χ1) is 17.2. The molecule has 1 aromatic rings. The first-order valence-corrected chi connectivity index (χ1v) is 13.6. The van der Waals surface area contributed by atoms with Gasteiger partial charge in [-0.1, -0.05) is 11.2 Å². The molecule has 196 valence electrons. The van der Waals surface area contributed by atoms with Gasteiger partial charge >= 0.3 is 5.97 Å². The number of oxime groups is 1. The smallest absolute Gasteiger partial charge is 0.309 e. The number of carbonyl (C=O) groups is 1. The lowest BCUT2D eigenvalue weighted by Crippen LogP contribution is -2.61. The van der Waals surface area contributed by atoms with Crippen molar-refractivity contribution in [1.82, 2.24) is 9.80 Å². The molecule has 8 heteroatoms. The van der Waals surface area contributed by atoms with Crippen molar-refractivity contribution in [2.45, 2.75) is 95.8 Å². The summed E-state index contributed by atoms with van der Waals surface area (Å²) in [6, 6.07) is 2.24. The van der Waals surface area contributed by atoms with E-state index in [-0.39, 0.29) is 17.5 Å². The summed E-state index contributed by atoms with van der Waals surface area (Å²) in [5.74, 6) is 1.40. The average Bonchev–Trinajstić information content (AvgIpc) is 3.73. The largest absolute Gasteiger partial charge is 0.488 e. The Balaban J connectivity index is 1.12. The molecule has 1 N–H and O–H groups in total. The summed E-state index contributed by atoms with van der Waals surface area (Å²) in [5.41, 5.74) is 2.12. The van der Waals surface area contributed by atoms with Crippen LogP contribution in [0.3, 0.4) is 0 Å². The minimum Gasteiger partial charge on any atom is -0.488 e. The van der Waals surface area contributed by atoms with Gasteiger partial charge in [-0.05, 0) is 82.3 Å². The summed E-state index contributed by atoms with van der Waals surface area (Å²) >= 11 is 0. The standard InChI is InChI=1S/C28H38FN3O4/c1-17(2)35-25-20(12-21(18-4-5-18)23(24(25)29)19-6-7-19)14-31-15-28(16-31)13-22(30-36-28)32-10-8-27(3,9-11-32)26(33)34/h12,17-19H,4-11,13-16H2,1-3H3,(H,33,34). The number of rotatable bonds is 7. The van der Waals surface area contributed by atoms with Gasteiger partial charge in [0.15, 0.2) is 17.2 Å². The van der Waals surface area contributed by atoms with E-state index in [1.807, 2.05) is 20.8 Å². The van der Waals surface area contributed by atoms with Crippen LogP contribution in [0.25, 0.3) is 0 Å². The summed E-state index contributed by atoms with van der Waals surface area (Å²) in [4.78, 5) is 22.0. The fraction of sp³-hybridized carbons (Fsp3) is 0.714. The number of carboxylic acids is 1. The summed E-state index contributed by atoms with van der Waals surface area (Å²) in [6.45, 7) is 9.26. The molecule has 7 nitrogen and oxygen atoms in total. The zero-order valence-corrected chi connectivity index (χ0v) is 21.7. The molecule has 0 bridgehead atoms. The molecular formula is C28H38FN3O4. The lowest BCUT2D eigenvalue weighted by molar-refractivity contribution is -0.150. The van der Waals surface area contributed by atoms with Crippen LogP contribution in [0, 0.1) is 11.2 Å². The number of amidine groups is 1. The predicted octanol–water partition coefficient (Wildman–Crippen LogP) is 4.84. The monoisotopic (exact) mass is 499 g/mol. The maximum atomic E-state index is 15.8. The van der Waals surface area contributed by atoms with Gasteiger partial charge in [-0.3, -0.25) is 9.69 Å². The van der Waals surface area contributed by atoms with Gasteiger partial charge in [0.2, 0.25) is 0 Å². The Morgan fingerprint density at radius 2 is 1.89 bits per heavy atom. The normalized spacial score (nSPS) is 25.0. The highest BCUT2D eigenvalue weighted by molar-refractivity contribution is 5.85. The van der Waals surface area contributed by atoms with Crippen molar-refractivity contribution in [3.8, 4) is 5.75 Å². The maximum absolute atomic E-state index is 15.8. The molecule has 2 saturated heterocycles. The molecular weight excluding hydrogens is 461 g/mol. The van der Waals surface area contributed by atoms with E-state index in [1.165, 1.54) is 5.56 Å². The van der Waals surface area contributed by atoms with E-state index < -0.39 is 11.4 Å². The molecule has 3 heterocycles. The fourth-order valence-corrected chi connectivity index (χ4v) is 6.16. The summed E-state index contributed by atoms with van der Waals surface area (Å²) in [7, 11) is 0. The zero-order valence-electron chi connectivity index (χ0n) is 21.7. The fourth-order valence-electron chi connectivity index (χ4n) is 6.16. The van der Waals surface area contributed by atoms with Crippen molar-refractivity contribution >= 4 is 11.8 Å². The lowest BCUT2D eigenvalue weighted by atomic mass is 9.80. The summed E-state index contributed by atoms with van der Waals surface area (Å²) in [5, 5.41) is 13.9. The SMILES string of the molecule is CC(C)Oc1c(CN2CC3(CC(N4CCC(C)(C(=O)O)CC4)=NO3)C2)cc(C2CC2)c(C2CC2)c1F. The van der Waals surface area contributed by atoms with Crippen molar-refractivity contribution < 1.29 is 23.9 Å².